The summed E-state index contributed by atoms with van der Waals surface area (Å²) in [6.45, 7) is 1.64. The standard InChI is InChI=1S/C26H25F3N4O4S/c1-14-5-2-3-6-17(14)24-18(26(27,28)29)11-12-20(32-24)33-38(36,37)21-8-4-7-19(30-21)31-23-16-10-9-15(13-16)22(23)25(34)35/h2-8,11-12,15-16,22-23H,9-10,13H2,1H3,(H,30,31)(H,32,33)(H,34,35)/t15-,16+,22-,23+/m1/s1. The van der Waals surface area contributed by atoms with Crippen LogP contribution in [-0.4, -0.2) is 35.5 Å². The molecule has 0 spiro atoms. The Labute approximate surface area is 217 Å². The fourth-order valence-corrected chi connectivity index (χ4v) is 6.62. The number of pyridine rings is 2. The summed E-state index contributed by atoms with van der Waals surface area (Å²) in [6, 6.07) is 12.0. The van der Waals surface area contributed by atoms with Gasteiger partial charge < -0.3 is 10.4 Å². The molecule has 2 bridgehead atoms. The second-order valence-corrected chi connectivity index (χ2v) is 11.4. The number of benzene rings is 1. The van der Waals surface area contributed by atoms with Gasteiger partial charge in [-0.15, -0.1) is 0 Å². The van der Waals surface area contributed by atoms with E-state index < -0.39 is 39.3 Å². The van der Waals surface area contributed by atoms with Gasteiger partial charge in [0.05, 0.1) is 17.2 Å². The number of carboxylic acids is 1. The molecule has 8 nitrogen and oxygen atoms in total. The number of rotatable bonds is 7. The number of aryl methyl sites for hydroxylation is 1. The van der Waals surface area contributed by atoms with Crippen LogP contribution in [0.2, 0.25) is 0 Å². The Balaban J connectivity index is 1.43. The molecule has 2 aliphatic carbocycles. The molecular formula is C26H25F3N4O4S. The zero-order valence-electron chi connectivity index (χ0n) is 20.2. The molecule has 0 unspecified atom stereocenters. The van der Waals surface area contributed by atoms with Crippen molar-refractivity contribution in [3.63, 3.8) is 0 Å². The van der Waals surface area contributed by atoms with Crippen LogP contribution >= 0.6 is 0 Å². The van der Waals surface area contributed by atoms with Crippen molar-refractivity contribution in [1.82, 2.24) is 9.97 Å². The van der Waals surface area contributed by atoms with Crippen LogP contribution in [0.3, 0.4) is 0 Å². The monoisotopic (exact) mass is 546 g/mol. The van der Waals surface area contributed by atoms with Gasteiger partial charge in [0.1, 0.15) is 11.6 Å². The number of anilines is 2. The molecule has 4 atom stereocenters. The minimum Gasteiger partial charge on any atom is -0.481 e. The maximum Gasteiger partial charge on any atom is 0.418 e. The van der Waals surface area contributed by atoms with Crippen LogP contribution in [0.15, 0.2) is 59.6 Å². The maximum atomic E-state index is 13.7. The van der Waals surface area contributed by atoms with Gasteiger partial charge in [0.2, 0.25) is 0 Å². The first-order valence-electron chi connectivity index (χ1n) is 12.1. The van der Waals surface area contributed by atoms with Gasteiger partial charge in [-0.25, -0.2) is 9.97 Å². The molecule has 2 aromatic heterocycles. The number of alkyl halides is 3. The van der Waals surface area contributed by atoms with Crippen molar-refractivity contribution in [2.24, 2.45) is 17.8 Å². The van der Waals surface area contributed by atoms with Crippen LogP contribution in [0.1, 0.15) is 30.4 Å². The molecule has 3 aromatic rings. The number of nitrogens with one attached hydrogen (secondary N) is 2. The molecule has 38 heavy (non-hydrogen) atoms. The third-order valence-electron chi connectivity index (χ3n) is 7.35. The van der Waals surface area contributed by atoms with Crippen LogP contribution in [0.5, 0.6) is 0 Å². The van der Waals surface area contributed by atoms with Gasteiger partial charge in [0.15, 0.2) is 5.03 Å². The topological polar surface area (TPSA) is 121 Å². The molecule has 2 fully saturated rings. The van der Waals surface area contributed by atoms with Crippen molar-refractivity contribution in [3.05, 3.63) is 65.7 Å². The Kier molecular flexibility index (Phi) is 6.54. The molecule has 200 valence electrons. The van der Waals surface area contributed by atoms with Crippen LogP contribution in [0, 0.1) is 24.7 Å². The Morgan fingerprint density at radius 3 is 2.42 bits per heavy atom. The van der Waals surface area contributed by atoms with E-state index in [0.717, 1.165) is 31.4 Å². The fourth-order valence-electron chi connectivity index (χ4n) is 5.65. The second kappa shape index (κ2) is 9.57. The van der Waals surface area contributed by atoms with Gasteiger partial charge in [-0.3, -0.25) is 9.52 Å². The average Bonchev–Trinajstić information content (AvgIpc) is 3.45. The van der Waals surface area contributed by atoms with E-state index in [0.29, 0.717) is 5.56 Å². The highest BCUT2D eigenvalue weighted by molar-refractivity contribution is 7.92. The van der Waals surface area contributed by atoms with Crippen molar-refractivity contribution < 1.29 is 31.5 Å². The van der Waals surface area contributed by atoms with Crippen molar-refractivity contribution in [2.45, 2.75) is 43.4 Å². The highest BCUT2D eigenvalue weighted by atomic mass is 32.2. The highest BCUT2D eigenvalue weighted by Gasteiger charge is 2.51. The van der Waals surface area contributed by atoms with Gasteiger partial charge >= 0.3 is 12.1 Å². The zero-order valence-corrected chi connectivity index (χ0v) is 21.1. The van der Waals surface area contributed by atoms with Gasteiger partial charge in [-0.1, -0.05) is 30.3 Å². The Morgan fingerprint density at radius 2 is 1.71 bits per heavy atom. The molecule has 0 amide bonds. The van der Waals surface area contributed by atoms with Crippen molar-refractivity contribution >= 4 is 27.6 Å². The number of carbonyl (C=O) groups is 1. The highest BCUT2D eigenvalue weighted by Crippen LogP contribution is 2.49. The summed E-state index contributed by atoms with van der Waals surface area (Å²) in [5.41, 5.74) is -0.608. The minimum absolute atomic E-state index is 0.0803. The molecule has 0 radical (unpaired) electrons. The minimum atomic E-state index is -4.70. The van der Waals surface area contributed by atoms with Crippen LogP contribution < -0.4 is 10.0 Å². The van der Waals surface area contributed by atoms with Crippen LogP contribution in [0.4, 0.5) is 24.8 Å². The normalized spacial score (nSPS) is 22.8. The van der Waals surface area contributed by atoms with Crippen molar-refractivity contribution in [3.8, 4) is 11.3 Å². The summed E-state index contributed by atoms with van der Waals surface area (Å²) < 4.78 is 69.6. The van der Waals surface area contributed by atoms with E-state index in [2.05, 4.69) is 20.0 Å². The second-order valence-electron chi connectivity index (χ2n) is 9.74. The number of sulfonamides is 1. The Hall–Kier alpha value is -3.67. The number of nitrogens with zero attached hydrogens (tertiary/aromatic N) is 2. The predicted molar refractivity (Wildman–Crippen MR) is 134 cm³/mol. The SMILES string of the molecule is Cc1ccccc1-c1nc(NS(=O)(=O)c2cccc(N[C@H]3[C@H]4CC[C@H](C4)[C@H]3C(=O)O)n2)ccc1C(F)(F)F. The first-order chi connectivity index (χ1) is 17.9. The van der Waals surface area contributed by atoms with Crippen molar-refractivity contribution in [2.75, 3.05) is 10.0 Å². The average molecular weight is 547 g/mol. The summed E-state index contributed by atoms with van der Waals surface area (Å²) in [5.74, 6) is -1.31. The molecule has 3 N–H and O–H groups in total. The van der Waals surface area contributed by atoms with E-state index in [-0.39, 0.29) is 40.1 Å². The zero-order chi connectivity index (χ0) is 27.2. The smallest absolute Gasteiger partial charge is 0.418 e. The lowest BCUT2D eigenvalue weighted by atomic mass is 9.84. The summed E-state index contributed by atoms with van der Waals surface area (Å²) in [4.78, 5) is 20.0. The molecule has 2 aliphatic rings. The number of hydrogen-bond acceptors (Lipinski definition) is 6. The summed E-state index contributed by atoms with van der Waals surface area (Å²) >= 11 is 0. The van der Waals surface area contributed by atoms with E-state index in [1.165, 1.54) is 18.2 Å². The van der Waals surface area contributed by atoms with E-state index in [1.807, 2.05) is 0 Å². The van der Waals surface area contributed by atoms with E-state index in [4.69, 9.17) is 0 Å². The largest absolute Gasteiger partial charge is 0.481 e. The molecule has 12 heteroatoms. The third kappa shape index (κ3) is 4.92. The molecule has 0 aliphatic heterocycles. The number of aliphatic carboxylic acids is 1. The van der Waals surface area contributed by atoms with Gasteiger partial charge in [0.25, 0.3) is 10.0 Å². The van der Waals surface area contributed by atoms with Gasteiger partial charge in [0, 0.05) is 11.6 Å². The molecule has 1 aromatic carbocycles. The predicted octanol–water partition coefficient (Wildman–Crippen LogP) is 5.18. The summed E-state index contributed by atoms with van der Waals surface area (Å²) in [7, 11) is -4.33. The fraction of sp³-hybridized carbons (Fsp3) is 0.346. The molecule has 0 saturated heterocycles. The molecular weight excluding hydrogens is 521 g/mol. The van der Waals surface area contributed by atoms with E-state index in [9.17, 15) is 31.5 Å². The first-order valence-corrected chi connectivity index (χ1v) is 13.6. The first kappa shape index (κ1) is 26.0. The number of halogens is 3. The lowest BCUT2D eigenvalue weighted by Crippen LogP contribution is -2.39. The van der Waals surface area contributed by atoms with Crippen LogP contribution in [-0.2, 0) is 21.0 Å². The van der Waals surface area contributed by atoms with Crippen LogP contribution in [0.25, 0.3) is 11.3 Å². The number of carboxylic acid groups (broad SMARTS) is 1. The molecule has 2 saturated carbocycles. The number of fused-ring (bicyclic) bond motifs is 2. The quantitative estimate of drug-likeness (QED) is 0.373. The third-order valence-corrected chi connectivity index (χ3v) is 8.61. The number of hydrogen-bond donors (Lipinski definition) is 3. The lowest BCUT2D eigenvalue weighted by molar-refractivity contribution is -0.143. The Bertz CT molecular complexity index is 1500. The Morgan fingerprint density at radius 1 is 0.974 bits per heavy atom. The van der Waals surface area contributed by atoms with Gasteiger partial charge in [-0.05, 0) is 67.9 Å². The van der Waals surface area contributed by atoms with Crippen molar-refractivity contribution in [1.29, 1.82) is 0 Å². The lowest BCUT2D eigenvalue weighted by Gasteiger charge is -2.29. The molecule has 5 rings (SSSR count). The maximum absolute atomic E-state index is 13.7. The number of aromatic nitrogens is 2. The summed E-state index contributed by atoms with van der Waals surface area (Å²) in [5, 5.41) is 12.4. The van der Waals surface area contributed by atoms with Gasteiger partial charge in [-0.2, -0.15) is 21.6 Å². The summed E-state index contributed by atoms with van der Waals surface area (Å²) in [6.07, 6.45) is -2.14. The van der Waals surface area contributed by atoms with E-state index >= 15 is 0 Å². The molecule has 2 heterocycles. The van der Waals surface area contributed by atoms with E-state index in [1.54, 1.807) is 31.2 Å².